The number of aliphatic hydroxyl groups is 2. The lowest BCUT2D eigenvalue weighted by Gasteiger charge is -2.25. The number of nitrogens with zero attached hydrogens (tertiary/aromatic N) is 1. The van der Waals surface area contributed by atoms with Crippen molar-refractivity contribution in [3.05, 3.63) is 75.3 Å². The van der Waals surface area contributed by atoms with Gasteiger partial charge >= 0.3 is 0 Å². The number of hydrogen-bond acceptors (Lipinski definition) is 5. The molecule has 0 saturated carbocycles. The molecule has 29 heavy (non-hydrogen) atoms. The van der Waals surface area contributed by atoms with E-state index >= 15 is 0 Å². The molecular weight excluding hydrogens is 438 g/mol. The molecule has 2 aromatic carbocycles. The van der Waals surface area contributed by atoms with Crippen LogP contribution in [0.1, 0.15) is 22.7 Å². The van der Waals surface area contributed by atoms with Crippen molar-refractivity contribution in [2.45, 2.75) is 13.0 Å². The summed E-state index contributed by atoms with van der Waals surface area (Å²) in [5.74, 6) is -1.61. The zero-order valence-corrected chi connectivity index (χ0v) is 17.6. The van der Waals surface area contributed by atoms with Gasteiger partial charge in [0, 0.05) is 16.6 Å². The van der Waals surface area contributed by atoms with Gasteiger partial charge in [-0.1, -0.05) is 57.9 Å². The van der Waals surface area contributed by atoms with Crippen LogP contribution >= 0.6 is 15.9 Å². The van der Waals surface area contributed by atoms with Crippen molar-refractivity contribution in [1.29, 1.82) is 0 Å². The number of rotatable bonds is 7. The zero-order chi connectivity index (χ0) is 21.0. The maximum Gasteiger partial charge on any atom is 0.295 e. The molecule has 0 aliphatic carbocycles. The predicted octanol–water partition coefficient (Wildman–Crippen LogP) is 3.19. The predicted molar refractivity (Wildman–Crippen MR) is 112 cm³/mol. The molecule has 1 aliphatic heterocycles. The highest BCUT2D eigenvalue weighted by molar-refractivity contribution is 9.10. The van der Waals surface area contributed by atoms with Crippen LogP contribution in [0, 0.1) is 6.92 Å². The molecule has 1 heterocycles. The molecule has 1 fully saturated rings. The van der Waals surface area contributed by atoms with Crippen molar-refractivity contribution < 1.29 is 24.5 Å². The quantitative estimate of drug-likeness (QED) is 0.287. The third kappa shape index (κ3) is 4.58. The van der Waals surface area contributed by atoms with Crippen LogP contribution in [0.2, 0.25) is 0 Å². The largest absolute Gasteiger partial charge is 0.507 e. The summed E-state index contributed by atoms with van der Waals surface area (Å²) < 4.78 is 6.09. The van der Waals surface area contributed by atoms with Gasteiger partial charge in [-0.15, -0.1) is 0 Å². The average molecular weight is 460 g/mol. The molecule has 0 bridgehead atoms. The summed E-state index contributed by atoms with van der Waals surface area (Å²) >= 11 is 3.42. The van der Waals surface area contributed by atoms with Gasteiger partial charge in [-0.05, 0) is 24.6 Å². The minimum atomic E-state index is -0.730. The van der Waals surface area contributed by atoms with Crippen molar-refractivity contribution >= 4 is 33.4 Å². The highest BCUT2D eigenvalue weighted by Gasteiger charge is 2.45. The van der Waals surface area contributed by atoms with Crippen LogP contribution in [0.3, 0.4) is 0 Å². The molecular formula is C22H22BrNO5. The van der Waals surface area contributed by atoms with Gasteiger partial charge in [-0.3, -0.25) is 9.59 Å². The first-order valence-electron chi connectivity index (χ1n) is 9.23. The van der Waals surface area contributed by atoms with E-state index in [2.05, 4.69) is 15.9 Å². The molecule has 2 N–H and O–H groups in total. The van der Waals surface area contributed by atoms with E-state index in [9.17, 15) is 14.7 Å². The van der Waals surface area contributed by atoms with Gasteiger partial charge in [0.05, 0.1) is 31.4 Å². The van der Waals surface area contributed by atoms with E-state index in [1.54, 1.807) is 12.1 Å². The second-order valence-corrected chi connectivity index (χ2v) is 7.67. The number of aliphatic hydroxyl groups excluding tert-OH is 2. The summed E-state index contributed by atoms with van der Waals surface area (Å²) in [4.78, 5) is 27.0. The number of aryl methyl sites for hydroxylation is 1. The van der Waals surface area contributed by atoms with Gasteiger partial charge in [0.15, 0.2) is 0 Å². The van der Waals surface area contributed by atoms with Crippen LogP contribution in [-0.2, 0) is 14.3 Å². The number of carbonyl (C=O) groups is 2. The Hall–Kier alpha value is -2.48. The van der Waals surface area contributed by atoms with E-state index < -0.39 is 17.7 Å². The maximum atomic E-state index is 12.9. The molecule has 152 valence electrons. The summed E-state index contributed by atoms with van der Waals surface area (Å²) in [6.07, 6.45) is 0. The first kappa shape index (κ1) is 21.2. The van der Waals surface area contributed by atoms with Gasteiger partial charge in [-0.2, -0.15) is 0 Å². The number of Topliss-reactive ketones (excluding diaryl/α,β-unsaturated/α-hetero) is 1. The minimum Gasteiger partial charge on any atom is -0.507 e. The van der Waals surface area contributed by atoms with E-state index in [0.717, 1.165) is 10.0 Å². The van der Waals surface area contributed by atoms with E-state index in [1.165, 1.54) is 4.90 Å². The lowest BCUT2D eigenvalue weighted by Crippen LogP contribution is -2.33. The second-order valence-electron chi connectivity index (χ2n) is 6.75. The van der Waals surface area contributed by atoms with Gasteiger partial charge in [-0.25, -0.2) is 0 Å². The van der Waals surface area contributed by atoms with Crippen LogP contribution in [-0.4, -0.2) is 53.2 Å². The SMILES string of the molecule is Cc1ccc(C(O)=C2C(=O)C(=O)N(CCOCCO)C2c2cccc(Br)c2)cc1. The van der Waals surface area contributed by atoms with Crippen LogP contribution < -0.4 is 0 Å². The molecule has 1 atom stereocenters. The summed E-state index contributed by atoms with van der Waals surface area (Å²) in [7, 11) is 0. The standard InChI is InChI=1S/C22H22BrNO5/c1-14-5-7-15(8-6-14)20(26)18-19(16-3-2-4-17(23)13-16)24(22(28)21(18)27)9-11-29-12-10-25/h2-8,13,19,25-26H,9-12H2,1H3. The van der Waals surface area contributed by atoms with Crippen LogP contribution in [0.15, 0.2) is 58.6 Å². The maximum absolute atomic E-state index is 12.9. The van der Waals surface area contributed by atoms with Crippen LogP contribution in [0.4, 0.5) is 0 Å². The Balaban J connectivity index is 2.07. The van der Waals surface area contributed by atoms with Crippen molar-refractivity contribution in [2.75, 3.05) is 26.4 Å². The van der Waals surface area contributed by atoms with E-state index in [0.29, 0.717) is 11.1 Å². The van der Waals surface area contributed by atoms with Gasteiger partial charge in [0.2, 0.25) is 0 Å². The van der Waals surface area contributed by atoms with Gasteiger partial charge in [0.25, 0.3) is 11.7 Å². The molecule has 0 spiro atoms. The Labute approximate surface area is 177 Å². The number of amides is 1. The highest BCUT2D eigenvalue weighted by atomic mass is 79.9. The lowest BCUT2D eigenvalue weighted by atomic mass is 9.95. The molecule has 1 amide bonds. The van der Waals surface area contributed by atoms with E-state index in [4.69, 9.17) is 9.84 Å². The Morgan fingerprint density at radius 1 is 1.14 bits per heavy atom. The lowest BCUT2D eigenvalue weighted by molar-refractivity contribution is -0.140. The molecule has 6 nitrogen and oxygen atoms in total. The number of halogens is 1. The molecule has 3 rings (SSSR count). The zero-order valence-electron chi connectivity index (χ0n) is 16.0. The van der Waals surface area contributed by atoms with Crippen LogP contribution in [0.5, 0.6) is 0 Å². The molecule has 1 saturated heterocycles. The fourth-order valence-electron chi connectivity index (χ4n) is 3.33. The van der Waals surface area contributed by atoms with Gasteiger partial charge < -0.3 is 19.8 Å². The third-order valence-electron chi connectivity index (χ3n) is 4.74. The first-order chi connectivity index (χ1) is 13.9. The smallest absolute Gasteiger partial charge is 0.295 e. The third-order valence-corrected chi connectivity index (χ3v) is 5.23. The number of carbonyl (C=O) groups excluding carboxylic acids is 2. The Bertz CT molecular complexity index is 938. The molecule has 1 aliphatic rings. The summed E-state index contributed by atoms with van der Waals surface area (Å²) in [5.41, 5.74) is 2.25. The normalized spacial score (nSPS) is 18.4. The summed E-state index contributed by atoms with van der Waals surface area (Å²) in [6, 6.07) is 13.7. The second kappa shape index (κ2) is 9.35. The summed E-state index contributed by atoms with van der Waals surface area (Å²) in [5, 5.41) is 19.8. The van der Waals surface area contributed by atoms with Crippen molar-refractivity contribution in [1.82, 2.24) is 4.90 Å². The van der Waals surface area contributed by atoms with Crippen molar-refractivity contribution in [3.8, 4) is 0 Å². The molecule has 0 radical (unpaired) electrons. The van der Waals surface area contributed by atoms with Gasteiger partial charge in [0.1, 0.15) is 5.76 Å². The fraction of sp³-hybridized carbons (Fsp3) is 0.273. The first-order valence-corrected chi connectivity index (χ1v) is 10.0. The highest BCUT2D eigenvalue weighted by Crippen LogP contribution is 2.39. The monoisotopic (exact) mass is 459 g/mol. The average Bonchev–Trinajstić information content (AvgIpc) is 2.96. The number of hydrogen-bond donors (Lipinski definition) is 2. The summed E-state index contributed by atoms with van der Waals surface area (Å²) in [6.45, 7) is 2.28. The molecule has 7 heteroatoms. The molecule has 2 aromatic rings. The molecule has 0 aromatic heterocycles. The number of benzene rings is 2. The molecule has 1 unspecified atom stereocenters. The minimum absolute atomic E-state index is 0.0547. The fourth-order valence-corrected chi connectivity index (χ4v) is 3.75. The number of ketones is 1. The van der Waals surface area contributed by atoms with Crippen molar-refractivity contribution in [2.24, 2.45) is 0 Å². The van der Waals surface area contributed by atoms with E-state index in [-0.39, 0.29) is 37.7 Å². The van der Waals surface area contributed by atoms with E-state index in [1.807, 2.05) is 43.3 Å². The van der Waals surface area contributed by atoms with Crippen LogP contribution in [0.25, 0.3) is 5.76 Å². The Kier molecular flexibility index (Phi) is 6.84. The number of ether oxygens (including phenoxy) is 1. The topological polar surface area (TPSA) is 87.1 Å². The van der Waals surface area contributed by atoms with Crippen molar-refractivity contribution in [3.63, 3.8) is 0 Å². The Morgan fingerprint density at radius 3 is 2.52 bits per heavy atom. The Morgan fingerprint density at radius 2 is 1.86 bits per heavy atom. The number of likely N-dealkylation sites (tertiary alicyclic amines) is 1.